The van der Waals surface area contributed by atoms with Gasteiger partial charge >= 0.3 is 0 Å². The van der Waals surface area contributed by atoms with Crippen molar-refractivity contribution in [3.8, 4) is 0 Å². The number of hydrogen-bond donors (Lipinski definition) is 1. The lowest BCUT2D eigenvalue weighted by Gasteiger charge is -2.20. The Hall–Kier alpha value is -0.580. The zero-order chi connectivity index (χ0) is 12.8. The quantitative estimate of drug-likeness (QED) is 0.784. The molecule has 0 amide bonds. The van der Waals surface area contributed by atoms with Crippen LogP contribution in [0.1, 0.15) is 18.5 Å². The van der Waals surface area contributed by atoms with Crippen molar-refractivity contribution in [2.75, 3.05) is 13.6 Å². The van der Waals surface area contributed by atoms with E-state index in [9.17, 15) is 5.11 Å². The van der Waals surface area contributed by atoms with Gasteiger partial charge in [0.05, 0.1) is 6.10 Å². The highest BCUT2D eigenvalue weighted by atomic mass is 79.9. The molecule has 17 heavy (non-hydrogen) atoms. The van der Waals surface area contributed by atoms with E-state index in [-0.39, 0.29) is 6.10 Å². The van der Waals surface area contributed by atoms with E-state index in [1.165, 1.54) is 5.69 Å². The van der Waals surface area contributed by atoms with Crippen molar-refractivity contribution < 1.29 is 5.11 Å². The van der Waals surface area contributed by atoms with E-state index in [0.29, 0.717) is 6.54 Å². The molecule has 0 aliphatic heterocycles. The Kier molecular flexibility index (Phi) is 5.95. The maximum atomic E-state index is 9.80. The fourth-order valence-electron chi connectivity index (χ4n) is 1.83. The summed E-state index contributed by atoms with van der Waals surface area (Å²) in [4.78, 5) is 2.13. The number of halogens is 1. The van der Waals surface area contributed by atoms with Gasteiger partial charge in [-0.2, -0.15) is 0 Å². The highest BCUT2D eigenvalue weighted by molar-refractivity contribution is 9.10. The molecule has 0 saturated heterocycles. The summed E-state index contributed by atoms with van der Waals surface area (Å²) in [6, 6.07) is 2.10. The first-order chi connectivity index (χ1) is 8.02. The van der Waals surface area contributed by atoms with E-state index in [2.05, 4.69) is 38.0 Å². The molecule has 4 heteroatoms. The van der Waals surface area contributed by atoms with Crippen LogP contribution in [-0.2, 0) is 13.6 Å². The summed E-state index contributed by atoms with van der Waals surface area (Å²) in [5.74, 6) is 0. The van der Waals surface area contributed by atoms with Crippen molar-refractivity contribution >= 4 is 15.9 Å². The van der Waals surface area contributed by atoms with Gasteiger partial charge in [0.15, 0.2) is 0 Å². The molecule has 1 aromatic rings. The molecule has 0 aliphatic carbocycles. The average Bonchev–Trinajstić information content (AvgIpc) is 2.54. The molecule has 3 nitrogen and oxygen atoms in total. The van der Waals surface area contributed by atoms with Crippen molar-refractivity contribution in [3.63, 3.8) is 0 Å². The lowest BCUT2D eigenvalue weighted by molar-refractivity contribution is 0.115. The minimum Gasteiger partial charge on any atom is -0.392 e. The van der Waals surface area contributed by atoms with Crippen LogP contribution in [0.2, 0.25) is 0 Å². The van der Waals surface area contributed by atoms with Crippen LogP contribution in [0.3, 0.4) is 0 Å². The number of aliphatic hydroxyl groups excluding tert-OH is 1. The molecule has 0 fully saturated rings. The van der Waals surface area contributed by atoms with Gasteiger partial charge < -0.3 is 9.67 Å². The highest BCUT2D eigenvalue weighted by Crippen LogP contribution is 2.15. The molecule has 0 saturated carbocycles. The third kappa shape index (κ3) is 5.06. The monoisotopic (exact) mass is 300 g/mol. The minimum absolute atomic E-state index is 0.276. The second-order valence-electron chi connectivity index (χ2n) is 4.48. The normalized spacial score (nSPS) is 13.0. The molecule has 96 valence electrons. The average molecular weight is 301 g/mol. The predicted octanol–water partition coefficient (Wildman–Crippen LogP) is 2.55. The maximum absolute atomic E-state index is 9.80. The third-order valence-electron chi connectivity index (χ3n) is 2.73. The summed E-state index contributed by atoms with van der Waals surface area (Å²) in [6.07, 6.45) is 5.26. The van der Waals surface area contributed by atoms with E-state index in [4.69, 9.17) is 0 Å². The molecule has 0 aliphatic rings. The van der Waals surface area contributed by atoms with Crippen molar-refractivity contribution in [2.24, 2.45) is 7.05 Å². The minimum atomic E-state index is -0.276. The summed E-state index contributed by atoms with van der Waals surface area (Å²) in [5.41, 5.74) is 1.23. The SMILES string of the molecule is C=CCCC(O)CN(C)Cc1cc(Br)cn1C. The van der Waals surface area contributed by atoms with Crippen LogP contribution >= 0.6 is 15.9 Å². The number of aliphatic hydroxyl groups is 1. The molecule has 0 bridgehead atoms. The third-order valence-corrected chi connectivity index (χ3v) is 3.17. The number of hydrogen-bond acceptors (Lipinski definition) is 2. The van der Waals surface area contributed by atoms with E-state index >= 15 is 0 Å². The van der Waals surface area contributed by atoms with Gasteiger partial charge in [-0.1, -0.05) is 6.08 Å². The summed E-state index contributed by atoms with van der Waals surface area (Å²) < 4.78 is 3.19. The molecule has 1 aromatic heterocycles. The standard InChI is InChI=1S/C13H21BrN2O/c1-4-5-6-13(17)10-15(2)9-12-7-11(14)8-16(12)3/h4,7-8,13,17H,1,5-6,9-10H2,2-3H3. The number of rotatable bonds is 7. The Morgan fingerprint density at radius 2 is 2.35 bits per heavy atom. The smallest absolute Gasteiger partial charge is 0.0670 e. The number of likely N-dealkylation sites (N-methyl/N-ethyl adjacent to an activating group) is 1. The molecule has 1 rings (SSSR count). The van der Waals surface area contributed by atoms with E-state index < -0.39 is 0 Å². The Morgan fingerprint density at radius 3 is 2.88 bits per heavy atom. The number of aromatic nitrogens is 1. The second kappa shape index (κ2) is 6.99. The number of nitrogens with zero attached hydrogens (tertiary/aromatic N) is 2. The molecule has 1 unspecified atom stereocenters. The van der Waals surface area contributed by atoms with Gasteiger partial charge in [-0.3, -0.25) is 4.90 Å². The zero-order valence-corrected chi connectivity index (χ0v) is 12.2. The largest absolute Gasteiger partial charge is 0.392 e. The van der Waals surface area contributed by atoms with Gasteiger partial charge in [0, 0.05) is 36.5 Å². The zero-order valence-electron chi connectivity index (χ0n) is 10.6. The van der Waals surface area contributed by atoms with Gasteiger partial charge in [0.25, 0.3) is 0 Å². The van der Waals surface area contributed by atoms with Crippen LogP contribution in [0, 0.1) is 0 Å². The Labute approximate surface area is 112 Å². The molecular weight excluding hydrogens is 280 g/mol. The Bertz CT molecular complexity index is 362. The van der Waals surface area contributed by atoms with Gasteiger partial charge in [0.2, 0.25) is 0 Å². The van der Waals surface area contributed by atoms with Gasteiger partial charge in [-0.25, -0.2) is 0 Å². The Morgan fingerprint density at radius 1 is 1.65 bits per heavy atom. The first-order valence-electron chi connectivity index (χ1n) is 5.81. The van der Waals surface area contributed by atoms with E-state index in [0.717, 1.165) is 23.9 Å². The maximum Gasteiger partial charge on any atom is 0.0670 e. The molecule has 0 aromatic carbocycles. The molecule has 1 atom stereocenters. The van der Waals surface area contributed by atoms with Crippen LogP contribution in [0.25, 0.3) is 0 Å². The van der Waals surface area contributed by atoms with Crippen LogP contribution in [0.5, 0.6) is 0 Å². The van der Waals surface area contributed by atoms with Crippen molar-refractivity contribution in [1.29, 1.82) is 0 Å². The van der Waals surface area contributed by atoms with E-state index in [1.54, 1.807) is 0 Å². The fraction of sp³-hybridized carbons (Fsp3) is 0.538. The lowest BCUT2D eigenvalue weighted by atomic mass is 10.2. The van der Waals surface area contributed by atoms with Gasteiger partial charge in [-0.05, 0) is 41.9 Å². The molecule has 1 heterocycles. The number of allylic oxidation sites excluding steroid dienone is 1. The summed E-state index contributed by atoms with van der Waals surface area (Å²) >= 11 is 3.46. The van der Waals surface area contributed by atoms with E-state index in [1.807, 2.05) is 26.4 Å². The van der Waals surface area contributed by atoms with Crippen LogP contribution in [0.15, 0.2) is 29.4 Å². The van der Waals surface area contributed by atoms with Gasteiger partial charge in [-0.15, -0.1) is 6.58 Å². The summed E-state index contributed by atoms with van der Waals surface area (Å²) in [6.45, 7) is 5.19. The summed E-state index contributed by atoms with van der Waals surface area (Å²) in [7, 11) is 4.06. The lowest BCUT2D eigenvalue weighted by Crippen LogP contribution is -2.29. The number of aryl methyl sites for hydroxylation is 1. The van der Waals surface area contributed by atoms with Crippen LogP contribution in [-0.4, -0.2) is 34.3 Å². The van der Waals surface area contributed by atoms with Crippen molar-refractivity contribution in [2.45, 2.75) is 25.5 Å². The molecule has 0 spiro atoms. The van der Waals surface area contributed by atoms with Crippen LogP contribution < -0.4 is 0 Å². The molecular formula is C13H21BrN2O. The van der Waals surface area contributed by atoms with Crippen LogP contribution in [0.4, 0.5) is 0 Å². The van der Waals surface area contributed by atoms with Crippen molar-refractivity contribution in [1.82, 2.24) is 9.47 Å². The van der Waals surface area contributed by atoms with Gasteiger partial charge in [0.1, 0.15) is 0 Å². The first kappa shape index (κ1) is 14.5. The highest BCUT2D eigenvalue weighted by Gasteiger charge is 2.09. The summed E-state index contributed by atoms with van der Waals surface area (Å²) in [5, 5.41) is 9.80. The molecule has 0 radical (unpaired) electrons. The first-order valence-corrected chi connectivity index (χ1v) is 6.60. The predicted molar refractivity (Wildman–Crippen MR) is 74.9 cm³/mol. The second-order valence-corrected chi connectivity index (χ2v) is 5.39. The fourth-order valence-corrected chi connectivity index (χ4v) is 2.40. The molecule has 1 N–H and O–H groups in total. The Balaban J connectivity index is 2.41. The van der Waals surface area contributed by atoms with Crippen molar-refractivity contribution in [3.05, 3.63) is 35.1 Å². The topological polar surface area (TPSA) is 28.4 Å².